The maximum Gasteiger partial charge on any atom is 0.227 e. The standard InChI is InChI=1S/C21H24N4O2/c1-16-6-2-3-7-17(16)14-20(26)25-11-5-10-24(12-13-25)15-18-8-4-9-19-21(18)23-27-22-19/h2-4,6-9H,5,10-15H2,1H3. The van der Waals surface area contributed by atoms with Crippen molar-refractivity contribution in [2.24, 2.45) is 0 Å². The van der Waals surface area contributed by atoms with Crippen LogP contribution in [0.2, 0.25) is 0 Å². The first-order valence-corrected chi connectivity index (χ1v) is 9.45. The molecule has 140 valence electrons. The van der Waals surface area contributed by atoms with E-state index < -0.39 is 0 Å². The molecule has 0 spiro atoms. The topological polar surface area (TPSA) is 62.5 Å². The van der Waals surface area contributed by atoms with E-state index in [1.165, 1.54) is 5.56 Å². The van der Waals surface area contributed by atoms with Gasteiger partial charge in [0.2, 0.25) is 5.91 Å². The number of aryl methyl sites for hydroxylation is 1. The molecule has 0 bridgehead atoms. The van der Waals surface area contributed by atoms with E-state index in [9.17, 15) is 4.79 Å². The van der Waals surface area contributed by atoms with Gasteiger partial charge >= 0.3 is 0 Å². The third kappa shape index (κ3) is 4.01. The molecule has 0 atom stereocenters. The van der Waals surface area contributed by atoms with Gasteiger partial charge in [0.1, 0.15) is 11.0 Å². The Morgan fingerprint density at radius 3 is 2.74 bits per heavy atom. The molecule has 0 radical (unpaired) electrons. The molecular formula is C21H24N4O2. The van der Waals surface area contributed by atoms with Crippen molar-refractivity contribution in [1.82, 2.24) is 20.1 Å². The van der Waals surface area contributed by atoms with Crippen molar-refractivity contribution < 1.29 is 9.42 Å². The van der Waals surface area contributed by atoms with Gasteiger partial charge in [0.15, 0.2) is 0 Å². The number of carbonyl (C=O) groups is 1. The molecule has 3 aromatic rings. The highest BCUT2D eigenvalue weighted by atomic mass is 16.6. The Bertz CT molecular complexity index is 937. The van der Waals surface area contributed by atoms with Crippen LogP contribution in [0, 0.1) is 6.92 Å². The number of hydrogen-bond donors (Lipinski definition) is 0. The zero-order valence-electron chi connectivity index (χ0n) is 15.6. The summed E-state index contributed by atoms with van der Waals surface area (Å²) in [6.07, 6.45) is 1.46. The van der Waals surface area contributed by atoms with Crippen molar-refractivity contribution in [2.75, 3.05) is 26.2 Å². The second kappa shape index (κ2) is 7.88. The van der Waals surface area contributed by atoms with E-state index >= 15 is 0 Å². The number of hydrogen-bond acceptors (Lipinski definition) is 5. The third-order valence-corrected chi connectivity index (χ3v) is 5.31. The second-order valence-electron chi connectivity index (χ2n) is 7.16. The molecule has 0 N–H and O–H groups in total. The largest absolute Gasteiger partial charge is 0.341 e. The van der Waals surface area contributed by atoms with Crippen molar-refractivity contribution in [2.45, 2.75) is 26.3 Å². The lowest BCUT2D eigenvalue weighted by molar-refractivity contribution is -0.130. The minimum Gasteiger partial charge on any atom is -0.341 e. The summed E-state index contributed by atoms with van der Waals surface area (Å²) in [4.78, 5) is 17.1. The summed E-state index contributed by atoms with van der Waals surface area (Å²) in [5.41, 5.74) is 5.03. The van der Waals surface area contributed by atoms with Gasteiger partial charge in [-0.25, -0.2) is 4.63 Å². The maximum absolute atomic E-state index is 12.8. The van der Waals surface area contributed by atoms with E-state index in [4.69, 9.17) is 4.63 Å². The van der Waals surface area contributed by atoms with Crippen molar-refractivity contribution in [1.29, 1.82) is 0 Å². The average Bonchev–Trinajstić information content (AvgIpc) is 3.04. The minimum atomic E-state index is 0.217. The van der Waals surface area contributed by atoms with E-state index in [0.717, 1.165) is 61.3 Å². The van der Waals surface area contributed by atoms with Crippen LogP contribution in [0.3, 0.4) is 0 Å². The lowest BCUT2D eigenvalue weighted by atomic mass is 10.1. The van der Waals surface area contributed by atoms with Gasteiger partial charge in [-0.05, 0) is 46.4 Å². The molecule has 4 rings (SSSR count). The summed E-state index contributed by atoms with van der Waals surface area (Å²) in [7, 11) is 0. The molecule has 6 nitrogen and oxygen atoms in total. The fourth-order valence-corrected chi connectivity index (χ4v) is 3.69. The van der Waals surface area contributed by atoms with E-state index in [1.807, 2.05) is 35.2 Å². The molecular weight excluding hydrogens is 340 g/mol. The second-order valence-corrected chi connectivity index (χ2v) is 7.16. The first kappa shape index (κ1) is 17.7. The number of benzene rings is 2. The first-order valence-electron chi connectivity index (χ1n) is 9.45. The van der Waals surface area contributed by atoms with Crippen molar-refractivity contribution in [3.05, 3.63) is 59.2 Å². The molecule has 6 heteroatoms. The van der Waals surface area contributed by atoms with E-state index in [0.29, 0.717) is 6.42 Å². The molecule has 1 fully saturated rings. The quantitative estimate of drug-likeness (QED) is 0.712. The molecule has 2 heterocycles. The molecule has 0 aliphatic carbocycles. The Morgan fingerprint density at radius 1 is 1.00 bits per heavy atom. The highest BCUT2D eigenvalue weighted by Gasteiger charge is 2.20. The lowest BCUT2D eigenvalue weighted by Crippen LogP contribution is -2.36. The van der Waals surface area contributed by atoms with Crippen LogP contribution in [0.15, 0.2) is 47.1 Å². The average molecular weight is 364 g/mol. The van der Waals surface area contributed by atoms with Crippen LogP contribution in [0.1, 0.15) is 23.1 Å². The molecule has 27 heavy (non-hydrogen) atoms. The summed E-state index contributed by atoms with van der Waals surface area (Å²) in [5.74, 6) is 0.217. The van der Waals surface area contributed by atoms with Crippen LogP contribution < -0.4 is 0 Å². The zero-order valence-corrected chi connectivity index (χ0v) is 15.6. The van der Waals surface area contributed by atoms with E-state index in [2.05, 4.69) is 34.3 Å². The predicted molar refractivity (Wildman–Crippen MR) is 103 cm³/mol. The Balaban J connectivity index is 1.38. The van der Waals surface area contributed by atoms with Crippen molar-refractivity contribution in [3.8, 4) is 0 Å². The van der Waals surface area contributed by atoms with Crippen LogP contribution in [-0.2, 0) is 17.8 Å². The fraction of sp³-hybridized carbons (Fsp3) is 0.381. The molecule has 1 saturated heterocycles. The van der Waals surface area contributed by atoms with Crippen LogP contribution in [0.25, 0.3) is 11.0 Å². The molecule has 0 saturated carbocycles. The number of fused-ring (bicyclic) bond motifs is 1. The number of amides is 1. The zero-order chi connectivity index (χ0) is 18.6. The molecule has 0 unspecified atom stereocenters. The molecule has 1 aliphatic heterocycles. The monoisotopic (exact) mass is 364 g/mol. The van der Waals surface area contributed by atoms with E-state index in [1.54, 1.807) is 0 Å². The predicted octanol–water partition coefficient (Wildman–Crippen LogP) is 2.81. The summed E-state index contributed by atoms with van der Waals surface area (Å²) >= 11 is 0. The Kier molecular flexibility index (Phi) is 5.16. The molecule has 2 aromatic carbocycles. The molecule has 1 aromatic heterocycles. The first-order chi connectivity index (χ1) is 13.2. The third-order valence-electron chi connectivity index (χ3n) is 5.31. The minimum absolute atomic E-state index is 0.217. The van der Waals surface area contributed by atoms with Crippen LogP contribution >= 0.6 is 0 Å². The van der Waals surface area contributed by atoms with Gasteiger partial charge in [-0.3, -0.25) is 9.69 Å². The van der Waals surface area contributed by atoms with Crippen LogP contribution in [0.4, 0.5) is 0 Å². The van der Waals surface area contributed by atoms with Gasteiger partial charge in [0.05, 0.1) is 6.42 Å². The van der Waals surface area contributed by atoms with Gasteiger partial charge in [-0.15, -0.1) is 0 Å². The fourth-order valence-electron chi connectivity index (χ4n) is 3.69. The van der Waals surface area contributed by atoms with Crippen molar-refractivity contribution >= 4 is 16.9 Å². The molecule has 1 aliphatic rings. The highest BCUT2D eigenvalue weighted by Crippen LogP contribution is 2.18. The summed E-state index contributed by atoms with van der Waals surface area (Å²) in [6, 6.07) is 14.1. The van der Waals surface area contributed by atoms with Gasteiger partial charge in [0.25, 0.3) is 0 Å². The SMILES string of the molecule is Cc1ccccc1CC(=O)N1CCCN(Cc2cccc3nonc23)CC1. The summed E-state index contributed by atoms with van der Waals surface area (Å²) < 4.78 is 4.86. The van der Waals surface area contributed by atoms with Crippen LogP contribution in [-0.4, -0.2) is 52.2 Å². The number of aromatic nitrogens is 2. The summed E-state index contributed by atoms with van der Waals surface area (Å²) in [5, 5.41) is 7.94. The van der Waals surface area contributed by atoms with Gasteiger partial charge in [0, 0.05) is 32.7 Å². The highest BCUT2D eigenvalue weighted by molar-refractivity contribution is 5.79. The lowest BCUT2D eigenvalue weighted by Gasteiger charge is -2.22. The maximum atomic E-state index is 12.8. The number of rotatable bonds is 4. The Morgan fingerprint density at radius 2 is 1.85 bits per heavy atom. The number of carbonyl (C=O) groups excluding carboxylic acids is 1. The van der Waals surface area contributed by atoms with Gasteiger partial charge in [-0.2, -0.15) is 0 Å². The van der Waals surface area contributed by atoms with Crippen LogP contribution in [0.5, 0.6) is 0 Å². The number of nitrogens with zero attached hydrogens (tertiary/aromatic N) is 4. The Labute approximate surface area is 158 Å². The Hall–Kier alpha value is -2.73. The molecule has 1 amide bonds. The van der Waals surface area contributed by atoms with Crippen molar-refractivity contribution in [3.63, 3.8) is 0 Å². The van der Waals surface area contributed by atoms with Gasteiger partial charge in [-0.1, -0.05) is 36.4 Å². The van der Waals surface area contributed by atoms with E-state index in [-0.39, 0.29) is 5.91 Å². The smallest absolute Gasteiger partial charge is 0.227 e. The van der Waals surface area contributed by atoms with Gasteiger partial charge < -0.3 is 4.90 Å². The summed E-state index contributed by atoms with van der Waals surface area (Å²) in [6.45, 7) is 6.27. The normalized spacial score (nSPS) is 15.8.